The summed E-state index contributed by atoms with van der Waals surface area (Å²) in [6.07, 6.45) is 6.87. The molecule has 34 heavy (non-hydrogen) atoms. The van der Waals surface area contributed by atoms with E-state index in [0.29, 0.717) is 29.8 Å². The Balaban J connectivity index is 1.48. The van der Waals surface area contributed by atoms with Gasteiger partial charge in [0.05, 0.1) is 4.90 Å². The number of carbonyl (C=O) groups is 2. The zero-order chi connectivity index (χ0) is 24.3. The molecule has 4 rings (SSSR count). The maximum absolute atomic E-state index is 13.3. The predicted molar refractivity (Wildman–Crippen MR) is 132 cm³/mol. The number of nitrogens with one attached hydrogen (secondary N) is 2. The van der Waals surface area contributed by atoms with Crippen molar-refractivity contribution in [2.24, 2.45) is 0 Å². The molecule has 2 aromatic carbocycles. The van der Waals surface area contributed by atoms with Crippen molar-refractivity contribution in [3.63, 3.8) is 0 Å². The maximum atomic E-state index is 13.3. The van der Waals surface area contributed by atoms with Crippen LogP contribution < -0.4 is 10.0 Å². The number of benzene rings is 2. The molecule has 2 aliphatic rings. The molecule has 1 saturated heterocycles. The zero-order valence-electron chi connectivity index (χ0n) is 19.8. The molecule has 1 aliphatic carbocycles. The summed E-state index contributed by atoms with van der Waals surface area (Å²) in [4.78, 5) is 28.1. The number of aryl methyl sites for hydroxylation is 2. The van der Waals surface area contributed by atoms with Gasteiger partial charge in [0, 0.05) is 23.8 Å². The molecule has 2 amide bonds. The first-order valence-electron chi connectivity index (χ1n) is 12.1. The summed E-state index contributed by atoms with van der Waals surface area (Å²) in [6, 6.07) is 11.3. The summed E-state index contributed by atoms with van der Waals surface area (Å²) >= 11 is 0. The third kappa shape index (κ3) is 5.43. The number of rotatable bonds is 6. The molecule has 0 bridgehead atoms. The average molecular weight is 484 g/mol. The predicted octanol–water partition coefficient (Wildman–Crippen LogP) is 4.16. The molecule has 1 saturated carbocycles. The van der Waals surface area contributed by atoms with Gasteiger partial charge in [-0.25, -0.2) is 8.42 Å². The highest BCUT2D eigenvalue weighted by atomic mass is 32.2. The van der Waals surface area contributed by atoms with E-state index in [4.69, 9.17) is 0 Å². The Kier molecular flexibility index (Phi) is 7.26. The second-order valence-corrected chi connectivity index (χ2v) is 11.1. The van der Waals surface area contributed by atoms with Crippen molar-refractivity contribution < 1.29 is 18.0 Å². The average Bonchev–Trinajstić information content (AvgIpc) is 3.29. The third-order valence-corrected chi connectivity index (χ3v) is 8.29. The summed E-state index contributed by atoms with van der Waals surface area (Å²) in [5.74, 6) is -0.335. The van der Waals surface area contributed by atoms with E-state index in [-0.39, 0.29) is 22.8 Å². The highest BCUT2D eigenvalue weighted by Crippen LogP contribution is 2.25. The van der Waals surface area contributed by atoms with E-state index < -0.39 is 16.1 Å². The molecule has 0 aromatic heterocycles. The Morgan fingerprint density at radius 1 is 0.941 bits per heavy atom. The summed E-state index contributed by atoms with van der Waals surface area (Å²) in [5, 5.41) is 3.14. The molecule has 1 atom stereocenters. The molecule has 1 aliphatic heterocycles. The second-order valence-electron chi connectivity index (χ2n) is 9.46. The van der Waals surface area contributed by atoms with Crippen molar-refractivity contribution in [1.82, 2.24) is 10.2 Å². The summed E-state index contributed by atoms with van der Waals surface area (Å²) < 4.78 is 28.5. The quantitative estimate of drug-likeness (QED) is 0.645. The number of hydrogen-bond acceptors (Lipinski definition) is 4. The Hall–Kier alpha value is -2.87. The Morgan fingerprint density at radius 3 is 2.44 bits per heavy atom. The molecule has 1 heterocycles. The van der Waals surface area contributed by atoms with Gasteiger partial charge in [-0.15, -0.1) is 0 Å². The Morgan fingerprint density at radius 2 is 1.71 bits per heavy atom. The largest absolute Gasteiger partial charge is 0.352 e. The molecule has 8 heteroatoms. The number of sulfonamides is 1. The van der Waals surface area contributed by atoms with Gasteiger partial charge < -0.3 is 10.2 Å². The minimum atomic E-state index is -3.80. The van der Waals surface area contributed by atoms with Crippen molar-refractivity contribution in [1.29, 1.82) is 0 Å². The van der Waals surface area contributed by atoms with E-state index >= 15 is 0 Å². The summed E-state index contributed by atoms with van der Waals surface area (Å²) in [5.41, 5.74) is 2.31. The van der Waals surface area contributed by atoms with Crippen molar-refractivity contribution in [2.45, 2.75) is 75.8 Å². The van der Waals surface area contributed by atoms with Crippen LogP contribution >= 0.6 is 0 Å². The number of carbonyl (C=O) groups excluding carboxylic acids is 2. The van der Waals surface area contributed by atoms with Crippen LogP contribution in [0.1, 0.15) is 66.4 Å². The Bertz CT molecular complexity index is 1170. The van der Waals surface area contributed by atoms with E-state index in [1.54, 1.807) is 42.2 Å². The lowest BCUT2D eigenvalue weighted by Crippen LogP contribution is -2.49. The van der Waals surface area contributed by atoms with Gasteiger partial charge >= 0.3 is 0 Å². The molecular weight excluding hydrogens is 450 g/mol. The van der Waals surface area contributed by atoms with Gasteiger partial charge in [0.25, 0.3) is 15.9 Å². The molecule has 7 nitrogen and oxygen atoms in total. The number of hydrogen-bond donors (Lipinski definition) is 2. The highest BCUT2D eigenvalue weighted by Gasteiger charge is 2.35. The Labute approximate surface area is 202 Å². The van der Waals surface area contributed by atoms with Gasteiger partial charge in [0.2, 0.25) is 5.91 Å². The van der Waals surface area contributed by atoms with Gasteiger partial charge in [-0.1, -0.05) is 43.0 Å². The lowest BCUT2D eigenvalue weighted by Gasteiger charge is -2.28. The first-order valence-corrected chi connectivity index (χ1v) is 13.5. The fraction of sp³-hybridized carbons (Fsp3) is 0.462. The van der Waals surface area contributed by atoms with Crippen molar-refractivity contribution in [3.05, 3.63) is 59.2 Å². The smallest absolute Gasteiger partial charge is 0.262 e. The van der Waals surface area contributed by atoms with Crippen LogP contribution in [0, 0.1) is 13.8 Å². The SMILES string of the molecule is Cc1ccc(S(=O)(=O)Nc2cccc(C(=O)N3CCCC3C(=O)NC3CCCCC3)c2)c(C)c1. The molecule has 182 valence electrons. The highest BCUT2D eigenvalue weighted by molar-refractivity contribution is 7.92. The van der Waals surface area contributed by atoms with Crippen LogP contribution in [-0.2, 0) is 14.8 Å². The standard InChI is InChI=1S/C26H33N3O4S/c1-18-13-14-24(19(2)16-18)34(32,33)28-22-11-6-8-20(17-22)26(31)29-15-7-12-23(29)25(30)27-21-9-4-3-5-10-21/h6,8,11,13-14,16-17,21,23,28H,3-5,7,9-10,12,15H2,1-2H3,(H,27,30). The fourth-order valence-electron chi connectivity index (χ4n) is 5.02. The summed E-state index contributed by atoms with van der Waals surface area (Å²) in [7, 11) is -3.80. The molecule has 2 aromatic rings. The van der Waals surface area contributed by atoms with E-state index in [1.807, 2.05) is 13.0 Å². The monoisotopic (exact) mass is 483 g/mol. The lowest BCUT2D eigenvalue weighted by molar-refractivity contribution is -0.125. The van der Waals surface area contributed by atoms with Crippen LogP contribution in [0.15, 0.2) is 47.4 Å². The zero-order valence-corrected chi connectivity index (χ0v) is 20.7. The fourth-order valence-corrected chi connectivity index (χ4v) is 6.30. The van der Waals surface area contributed by atoms with E-state index in [9.17, 15) is 18.0 Å². The van der Waals surface area contributed by atoms with E-state index in [2.05, 4.69) is 10.0 Å². The number of amides is 2. The van der Waals surface area contributed by atoms with Gasteiger partial charge in [-0.3, -0.25) is 14.3 Å². The third-order valence-electron chi connectivity index (χ3n) is 6.75. The van der Waals surface area contributed by atoms with E-state index in [0.717, 1.165) is 37.7 Å². The second kappa shape index (κ2) is 10.2. The molecular formula is C26H33N3O4S. The minimum absolute atomic E-state index is 0.0792. The van der Waals surface area contributed by atoms with Crippen LogP contribution in [0.5, 0.6) is 0 Å². The van der Waals surface area contributed by atoms with Crippen molar-refractivity contribution in [2.75, 3.05) is 11.3 Å². The van der Waals surface area contributed by atoms with Crippen LogP contribution in [0.3, 0.4) is 0 Å². The summed E-state index contributed by atoms with van der Waals surface area (Å²) in [6.45, 7) is 4.18. The minimum Gasteiger partial charge on any atom is -0.352 e. The molecule has 2 N–H and O–H groups in total. The molecule has 0 radical (unpaired) electrons. The number of anilines is 1. The van der Waals surface area contributed by atoms with Crippen LogP contribution in [0.4, 0.5) is 5.69 Å². The normalized spacial score (nSPS) is 19.1. The maximum Gasteiger partial charge on any atom is 0.262 e. The van der Waals surface area contributed by atoms with Crippen LogP contribution in [0.25, 0.3) is 0 Å². The van der Waals surface area contributed by atoms with Crippen molar-refractivity contribution in [3.8, 4) is 0 Å². The van der Waals surface area contributed by atoms with E-state index in [1.165, 1.54) is 12.5 Å². The van der Waals surface area contributed by atoms with Crippen LogP contribution in [0.2, 0.25) is 0 Å². The van der Waals surface area contributed by atoms with Gasteiger partial charge in [0.1, 0.15) is 6.04 Å². The van der Waals surface area contributed by atoms with Crippen molar-refractivity contribution >= 4 is 27.5 Å². The molecule has 1 unspecified atom stereocenters. The lowest BCUT2D eigenvalue weighted by atomic mass is 9.95. The van der Waals surface area contributed by atoms with Gasteiger partial charge in [-0.05, 0) is 69.4 Å². The first kappa shape index (κ1) is 24.3. The molecule has 2 fully saturated rings. The van der Waals surface area contributed by atoms with Gasteiger partial charge in [-0.2, -0.15) is 0 Å². The topological polar surface area (TPSA) is 95.6 Å². The molecule has 0 spiro atoms. The van der Waals surface area contributed by atoms with Gasteiger partial charge in [0.15, 0.2) is 0 Å². The number of nitrogens with zero attached hydrogens (tertiary/aromatic N) is 1. The van der Waals surface area contributed by atoms with Crippen LogP contribution in [-0.4, -0.2) is 43.8 Å². The number of likely N-dealkylation sites (tertiary alicyclic amines) is 1. The first-order chi connectivity index (χ1) is 16.2.